The predicted molar refractivity (Wildman–Crippen MR) is 119 cm³/mol. The van der Waals surface area contributed by atoms with Crippen LogP contribution >= 0.6 is 0 Å². The van der Waals surface area contributed by atoms with Crippen LogP contribution in [0, 0.1) is 0 Å². The summed E-state index contributed by atoms with van der Waals surface area (Å²) in [5.74, 6) is 0.0407. The molecular formula is C25H33N3O. The lowest BCUT2D eigenvalue weighted by Gasteiger charge is -2.20. The van der Waals surface area contributed by atoms with Crippen LogP contribution in [0.3, 0.4) is 0 Å². The van der Waals surface area contributed by atoms with Gasteiger partial charge in [-0.15, -0.1) is 0 Å². The van der Waals surface area contributed by atoms with E-state index in [2.05, 4.69) is 51.5 Å². The van der Waals surface area contributed by atoms with Gasteiger partial charge < -0.3 is 15.1 Å². The van der Waals surface area contributed by atoms with E-state index >= 15 is 0 Å². The number of para-hydroxylation sites is 1. The van der Waals surface area contributed by atoms with Crippen molar-refractivity contribution in [3.05, 3.63) is 65.2 Å². The third-order valence-electron chi connectivity index (χ3n) is 6.21. The molecule has 154 valence electrons. The molecule has 2 heterocycles. The molecule has 2 aliphatic heterocycles. The van der Waals surface area contributed by atoms with Crippen molar-refractivity contribution in [2.45, 2.75) is 45.1 Å². The molecule has 0 saturated carbocycles. The fourth-order valence-corrected chi connectivity index (χ4v) is 4.52. The maximum absolute atomic E-state index is 12.4. The molecule has 1 fully saturated rings. The number of amides is 1. The van der Waals surface area contributed by atoms with Crippen molar-refractivity contribution in [2.75, 3.05) is 37.6 Å². The molecule has 2 aliphatic rings. The Bertz CT molecular complexity index is 794. The van der Waals surface area contributed by atoms with Crippen LogP contribution in [0.5, 0.6) is 0 Å². The van der Waals surface area contributed by atoms with Gasteiger partial charge in [0.2, 0.25) is 0 Å². The highest BCUT2D eigenvalue weighted by molar-refractivity contribution is 5.94. The minimum absolute atomic E-state index is 0.0407. The largest absolute Gasteiger partial charge is 0.367 e. The van der Waals surface area contributed by atoms with Crippen molar-refractivity contribution >= 4 is 11.6 Å². The summed E-state index contributed by atoms with van der Waals surface area (Å²) in [6, 6.07) is 16.7. The molecule has 1 saturated heterocycles. The Morgan fingerprint density at radius 3 is 2.45 bits per heavy atom. The number of nitrogens with one attached hydrogen (secondary N) is 1. The van der Waals surface area contributed by atoms with Crippen molar-refractivity contribution in [1.82, 2.24) is 10.2 Å². The van der Waals surface area contributed by atoms with E-state index in [1.54, 1.807) is 0 Å². The molecule has 4 rings (SSSR count). The van der Waals surface area contributed by atoms with Gasteiger partial charge in [-0.1, -0.05) is 43.2 Å². The van der Waals surface area contributed by atoms with Crippen LogP contribution in [-0.2, 0) is 13.0 Å². The summed E-state index contributed by atoms with van der Waals surface area (Å²) < 4.78 is 0. The normalized spacial score (nSPS) is 17.0. The lowest BCUT2D eigenvalue weighted by molar-refractivity contribution is 0.0951. The second-order valence-corrected chi connectivity index (χ2v) is 8.36. The van der Waals surface area contributed by atoms with Gasteiger partial charge in [0.05, 0.1) is 0 Å². The van der Waals surface area contributed by atoms with Gasteiger partial charge in [0.15, 0.2) is 0 Å². The number of hydrogen-bond donors (Lipinski definition) is 1. The van der Waals surface area contributed by atoms with Crippen LogP contribution < -0.4 is 10.2 Å². The molecule has 1 amide bonds. The minimum Gasteiger partial charge on any atom is -0.367 e. The molecule has 0 aromatic heterocycles. The third kappa shape index (κ3) is 5.39. The van der Waals surface area contributed by atoms with Crippen molar-refractivity contribution in [2.24, 2.45) is 0 Å². The number of likely N-dealkylation sites (tertiary alicyclic amines) is 1. The topological polar surface area (TPSA) is 35.6 Å². The summed E-state index contributed by atoms with van der Waals surface area (Å²) in [4.78, 5) is 17.4. The number of benzene rings is 2. The van der Waals surface area contributed by atoms with E-state index in [9.17, 15) is 4.79 Å². The number of hydrogen-bond acceptors (Lipinski definition) is 3. The number of fused-ring (bicyclic) bond motifs is 1. The zero-order chi connectivity index (χ0) is 19.9. The summed E-state index contributed by atoms with van der Waals surface area (Å²) in [5, 5.41) is 3.08. The standard InChI is InChI=1S/C25H33N3O/c29-25(26-15-7-18-27-16-5-1-2-6-17-27)23-12-10-21(11-13-23)20-28-19-14-22-8-3-4-9-24(22)28/h3-4,8-13H,1-2,5-7,14-20H2,(H,26,29). The zero-order valence-corrected chi connectivity index (χ0v) is 17.4. The van der Waals surface area contributed by atoms with E-state index in [4.69, 9.17) is 0 Å². The molecule has 0 spiro atoms. The van der Waals surface area contributed by atoms with Gasteiger partial charge in [0, 0.05) is 30.9 Å². The van der Waals surface area contributed by atoms with E-state index in [0.717, 1.165) is 44.6 Å². The molecule has 0 unspecified atom stereocenters. The van der Waals surface area contributed by atoms with Gasteiger partial charge in [-0.2, -0.15) is 0 Å². The molecule has 0 bridgehead atoms. The number of anilines is 1. The number of carbonyl (C=O) groups excluding carboxylic acids is 1. The third-order valence-corrected chi connectivity index (χ3v) is 6.21. The smallest absolute Gasteiger partial charge is 0.251 e. The fraction of sp³-hybridized carbons (Fsp3) is 0.480. The summed E-state index contributed by atoms with van der Waals surface area (Å²) in [7, 11) is 0. The molecule has 2 aromatic carbocycles. The van der Waals surface area contributed by atoms with Crippen LogP contribution in [0.15, 0.2) is 48.5 Å². The summed E-state index contributed by atoms with van der Waals surface area (Å²) in [5.41, 5.74) is 4.78. The van der Waals surface area contributed by atoms with Gasteiger partial charge >= 0.3 is 0 Å². The first kappa shape index (κ1) is 20.0. The Labute approximate surface area is 174 Å². The average molecular weight is 392 g/mol. The Balaban J connectivity index is 1.22. The van der Waals surface area contributed by atoms with Crippen LogP contribution in [0.25, 0.3) is 0 Å². The van der Waals surface area contributed by atoms with Crippen LogP contribution in [0.4, 0.5) is 5.69 Å². The first-order chi connectivity index (χ1) is 14.3. The van der Waals surface area contributed by atoms with E-state index < -0.39 is 0 Å². The van der Waals surface area contributed by atoms with E-state index in [1.807, 2.05) is 12.1 Å². The maximum atomic E-state index is 12.4. The highest BCUT2D eigenvalue weighted by atomic mass is 16.1. The lowest BCUT2D eigenvalue weighted by Crippen LogP contribution is -2.30. The lowest BCUT2D eigenvalue weighted by atomic mass is 10.1. The fourth-order valence-electron chi connectivity index (χ4n) is 4.52. The van der Waals surface area contributed by atoms with Crippen LogP contribution in [0.1, 0.15) is 53.6 Å². The Kier molecular flexibility index (Phi) is 6.83. The second kappa shape index (κ2) is 9.93. The minimum atomic E-state index is 0.0407. The van der Waals surface area contributed by atoms with Gasteiger partial charge in [0.25, 0.3) is 5.91 Å². The van der Waals surface area contributed by atoms with Gasteiger partial charge in [0.1, 0.15) is 0 Å². The van der Waals surface area contributed by atoms with E-state index in [-0.39, 0.29) is 5.91 Å². The molecule has 0 aliphatic carbocycles. The number of rotatable bonds is 7. The van der Waals surface area contributed by atoms with Crippen molar-refractivity contribution in [1.29, 1.82) is 0 Å². The molecule has 0 radical (unpaired) electrons. The first-order valence-electron chi connectivity index (χ1n) is 11.2. The first-order valence-corrected chi connectivity index (χ1v) is 11.2. The van der Waals surface area contributed by atoms with Gasteiger partial charge in [-0.25, -0.2) is 0 Å². The summed E-state index contributed by atoms with van der Waals surface area (Å²) in [6.07, 6.45) is 7.52. The molecule has 0 atom stereocenters. The monoisotopic (exact) mass is 391 g/mol. The molecule has 2 aromatic rings. The van der Waals surface area contributed by atoms with E-state index in [0.29, 0.717) is 0 Å². The van der Waals surface area contributed by atoms with E-state index in [1.165, 1.54) is 55.6 Å². The van der Waals surface area contributed by atoms with Crippen molar-refractivity contribution in [3.8, 4) is 0 Å². The predicted octanol–water partition coefficient (Wildman–Crippen LogP) is 4.25. The van der Waals surface area contributed by atoms with Crippen LogP contribution in [-0.4, -0.2) is 43.5 Å². The molecule has 4 nitrogen and oxygen atoms in total. The Morgan fingerprint density at radius 1 is 0.897 bits per heavy atom. The molecular weight excluding hydrogens is 358 g/mol. The average Bonchev–Trinajstić information content (AvgIpc) is 2.97. The van der Waals surface area contributed by atoms with Crippen molar-refractivity contribution in [3.63, 3.8) is 0 Å². The Morgan fingerprint density at radius 2 is 1.66 bits per heavy atom. The summed E-state index contributed by atoms with van der Waals surface area (Å²) >= 11 is 0. The molecule has 1 N–H and O–H groups in total. The quantitative estimate of drug-likeness (QED) is 0.717. The highest BCUT2D eigenvalue weighted by Crippen LogP contribution is 2.28. The maximum Gasteiger partial charge on any atom is 0.251 e. The Hall–Kier alpha value is -2.33. The molecule has 4 heteroatoms. The van der Waals surface area contributed by atoms with Gasteiger partial charge in [-0.05, 0) is 74.6 Å². The number of nitrogens with zero attached hydrogens (tertiary/aromatic N) is 2. The second-order valence-electron chi connectivity index (χ2n) is 8.36. The van der Waals surface area contributed by atoms with Crippen LogP contribution in [0.2, 0.25) is 0 Å². The SMILES string of the molecule is O=C(NCCCN1CCCCCC1)c1ccc(CN2CCc3ccccc32)cc1. The summed E-state index contributed by atoms with van der Waals surface area (Å²) in [6.45, 7) is 6.25. The number of carbonyl (C=O) groups is 1. The zero-order valence-electron chi connectivity index (χ0n) is 17.4. The van der Waals surface area contributed by atoms with Crippen molar-refractivity contribution < 1.29 is 4.79 Å². The highest BCUT2D eigenvalue weighted by Gasteiger charge is 2.18. The molecule has 29 heavy (non-hydrogen) atoms. The van der Waals surface area contributed by atoms with Gasteiger partial charge in [-0.3, -0.25) is 4.79 Å².